The number of carbonyl (C=O) groups excluding carboxylic acids is 1. The summed E-state index contributed by atoms with van der Waals surface area (Å²) < 4.78 is 26.2. The van der Waals surface area contributed by atoms with Gasteiger partial charge in [-0.1, -0.05) is 30.3 Å². The molecule has 2 aromatic rings. The lowest BCUT2D eigenvalue weighted by Crippen LogP contribution is -2.40. The number of hydrogen-bond acceptors (Lipinski definition) is 4. The van der Waals surface area contributed by atoms with E-state index >= 15 is 0 Å². The van der Waals surface area contributed by atoms with Crippen molar-refractivity contribution < 1.29 is 13.2 Å². The van der Waals surface area contributed by atoms with Gasteiger partial charge in [0.1, 0.15) is 0 Å². The van der Waals surface area contributed by atoms with Gasteiger partial charge in [-0.3, -0.25) is 9.48 Å². The first-order valence-electron chi connectivity index (χ1n) is 8.24. The van der Waals surface area contributed by atoms with Crippen LogP contribution in [0.5, 0.6) is 0 Å². The van der Waals surface area contributed by atoms with Crippen molar-refractivity contribution in [1.29, 1.82) is 0 Å². The van der Waals surface area contributed by atoms with Crippen molar-refractivity contribution >= 4 is 21.6 Å². The Hall–Kier alpha value is -2.19. The summed E-state index contributed by atoms with van der Waals surface area (Å²) in [6.45, 7) is 1.43. The molecule has 1 saturated heterocycles. The normalized spacial score (nSPS) is 16.7. The molecule has 1 N–H and O–H groups in total. The number of nitrogens with one attached hydrogen (secondary N) is 1. The number of aromatic nitrogens is 2. The number of amides is 1. The van der Waals surface area contributed by atoms with Gasteiger partial charge in [-0.25, -0.2) is 12.7 Å². The molecule has 2 heterocycles. The molecule has 1 fully saturated rings. The van der Waals surface area contributed by atoms with E-state index in [2.05, 4.69) is 10.4 Å². The summed E-state index contributed by atoms with van der Waals surface area (Å²) in [6, 6.07) is 9.97. The second-order valence-corrected chi connectivity index (χ2v) is 8.32. The molecule has 0 radical (unpaired) electrons. The first-order valence-corrected chi connectivity index (χ1v) is 10.1. The Morgan fingerprint density at radius 3 is 2.56 bits per heavy atom. The van der Waals surface area contributed by atoms with E-state index in [1.165, 1.54) is 10.6 Å². The molecule has 3 rings (SSSR count). The summed E-state index contributed by atoms with van der Waals surface area (Å²) in [5.41, 5.74) is 1.79. The van der Waals surface area contributed by atoms with Crippen molar-refractivity contribution in [3.63, 3.8) is 0 Å². The number of hydrogen-bond donors (Lipinski definition) is 1. The SMILES string of the molecule is CS(=O)(=O)N1CCC(C(=O)Nc2cnn(Cc3ccccc3)c2)CC1. The number of benzene rings is 1. The number of piperidine rings is 1. The Labute approximate surface area is 147 Å². The van der Waals surface area contributed by atoms with Gasteiger partial charge >= 0.3 is 0 Å². The Bertz CT molecular complexity index is 825. The Morgan fingerprint density at radius 2 is 1.92 bits per heavy atom. The van der Waals surface area contributed by atoms with Gasteiger partial charge < -0.3 is 5.32 Å². The molecule has 0 spiro atoms. The van der Waals surface area contributed by atoms with Gasteiger partial charge in [-0.15, -0.1) is 0 Å². The first kappa shape index (κ1) is 17.6. The van der Waals surface area contributed by atoms with Crippen LogP contribution in [0.1, 0.15) is 18.4 Å². The van der Waals surface area contributed by atoms with Gasteiger partial charge in [0.25, 0.3) is 0 Å². The van der Waals surface area contributed by atoms with Crippen molar-refractivity contribution in [2.45, 2.75) is 19.4 Å². The highest BCUT2D eigenvalue weighted by Gasteiger charge is 2.29. The van der Waals surface area contributed by atoms with Crippen molar-refractivity contribution in [3.8, 4) is 0 Å². The molecule has 134 valence electrons. The van der Waals surface area contributed by atoms with E-state index in [0.29, 0.717) is 38.2 Å². The maximum atomic E-state index is 12.4. The summed E-state index contributed by atoms with van der Waals surface area (Å²) in [6.07, 6.45) is 5.71. The fraction of sp³-hybridized carbons (Fsp3) is 0.412. The summed E-state index contributed by atoms with van der Waals surface area (Å²) >= 11 is 0. The predicted octanol–water partition coefficient (Wildman–Crippen LogP) is 1.54. The number of rotatable bonds is 5. The van der Waals surface area contributed by atoms with Gasteiger partial charge in [0.05, 0.1) is 24.7 Å². The zero-order valence-electron chi connectivity index (χ0n) is 14.1. The van der Waals surface area contributed by atoms with E-state index in [0.717, 1.165) is 5.56 Å². The van der Waals surface area contributed by atoms with Crippen LogP contribution in [0.2, 0.25) is 0 Å². The lowest BCUT2D eigenvalue weighted by Gasteiger charge is -2.29. The van der Waals surface area contributed by atoms with E-state index in [-0.39, 0.29) is 11.8 Å². The van der Waals surface area contributed by atoms with E-state index in [4.69, 9.17) is 0 Å². The quantitative estimate of drug-likeness (QED) is 0.874. The van der Waals surface area contributed by atoms with Crippen LogP contribution in [0, 0.1) is 5.92 Å². The van der Waals surface area contributed by atoms with Gasteiger partial charge in [0.15, 0.2) is 0 Å². The van der Waals surface area contributed by atoms with Crippen LogP contribution in [0.3, 0.4) is 0 Å². The molecule has 7 nitrogen and oxygen atoms in total. The summed E-state index contributed by atoms with van der Waals surface area (Å²) in [7, 11) is -3.17. The smallest absolute Gasteiger partial charge is 0.227 e. The zero-order valence-corrected chi connectivity index (χ0v) is 14.9. The maximum Gasteiger partial charge on any atom is 0.227 e. The minimum absolute atomic E-state index is 0.0765. The van der Waals surface area contributed by atoms with Gasteiger partial charge in [0, 0.05) is 25.2 Å². The monoisotopic (exact) mass is 362 g/mol. The number of nitrogens with zero attached hydrogens (tertiary/aromatic N) is 3. The molecular formula is C17H22N4O3S. The van der Waals surface area contributed by atoms with Gasteiger partial charge in [-0.2, -0.15) is 5.10 Å². The largest absolute Gasteiger partial charge is 0.323 e. The molecule has 8 heteroatoms. The van der Waals surface area contributed by atoms with Crippen LogP contribution < -0.4 is 5.32 Å². The minimum Gasteiger partial charge on any atom is -0.323 e. The molecule has 1 aromatic heterocycles. The van der Waals surface area contributed by atoms with Crippen LogP contribution in [0.15, 0.2) is 42.7 Å². The van der Waals surface area contributed by atoms with E-state index in [1.807, 2.05) is 30.3 Å². The average molecular weight is 362 g/mol. The third-order valence-corrected chi connectivity index (χ3v) is 5.69. The van der Waals surface area contributed by atoms with Crippen LogP contribution >= 0.6 is 0 Å². The highest BCUT2D eigenvalue weighted by atomic mass is 32.2. The molecular weight excluding hydrogens is 340 g/mol. The molecule has 25 heavy (non-hydrogen) atoms. The minimum atomic E-state index is -3.17. The lowest BCUT2D eigenvalue weighted by atomic mass is 9.97. The molecule has 1 aliphatic rings. The topological polar surface area (TPSA) is 84.3 Å². The number of anilines is 1. The van der Waals surface area contributed by atoms with E-state index in [9.17, 15) is 13.2 Å². The maximum absolute atomic E-state index is 12.4. The molecule has 1 amide bonds. The highest BCUT2D eigenvalue weighted by Crippen LogP contribution is 2.21. The molecule has 0 aliphatic carbocycles. The van der Waals surface area contributed by atoms with Crippen LogP contribution in [-0.4, -0.2) is 47.8 Å². The lowest BCUT2D eigenvalue weighted by molar-refractivity contribution is -0.120. The molecule has 0 saturated carbocycles. The van der Waals surface area contributed by atoms with Crippen molar-refractivity contribution in [2.75, 3.05) is 24.7 Å². The summed E-state index contributed by atoms with van der Waals surface area (Å²) in [4.78, 5) is 12.4. The second kappa shape index (κ2) is 7.37. The third kappa shape index (κ3) is 4.67. The van der Waals surface area contributed by atoms with Gasteiger partial charge in [-0.05, 0) is 18.4 Å². The second-order valence-electron chi connectivity index (χ2n) is 6.34. The summed E-state index contributed by atoms with van der Waals surface area (Å²) in [5, 5.41) is 7.15. The Morgan fingerprint density at radius 1 is 1.24 bits per heavy atom. The molecule has 1 aliphatic heterocycles. The van der Waals surface area contributed by atoms with E-state index in [1.54, 1.807) is 17.1 Å². The van der Waals surface area contributed by atoms with Crippen molar-refractivity contribution in [3.05, 3.63) is 48.3 Å². The van der Waals surface area contributed by atoms with Crippen molar-refractivity contribution in [1.82, 2.24) is 14.1 Å². The third-order valence-electron chi connectivity index (χ3n) is 4.38. The molecule has 0 unspecified atom stereocenters. The molecule has 1 aromatic carbocycles. The fourth-order valence-electron chi connectivity index (χ4n) is 2.98. The molecule has 0 bridgehead atoms. The zero-order chi connectivity index (χ0) is 17.9. The van der Waals surface area contributed by atoms with Crippen molar-refractivity contribution in [2.24, 2.45) is 5.92 Å². The summed E-state index contributed by atoms with van der Waals surface area (Å²) in [5.74, 6) is -0.247. The van der Waals surface area contributed by atoms with E-state index < -0.39 is 10.0 Å². The average Bonchev–Trinajstić information content (AvgIpc) is 3.02. The Balaban J connectivity index is 1.54. The fourth-order valence-corrected chi connectivity index (χ4v) is 3.85. The highest BCUT2D eigenvalue weighted by molar-refractivity contribution is 7.88. The van der Waals surface area contributed by atoms with Crippen LogP contribution in [0.25, 0.3) is 0 Å². The molecule has 0 atom stereocenters. The standard InChI is InChI=1S/C17H22N4O3S/c1-25(23,24)21-9-7-15(8-10-21)17(22)19-16-11-18-20(13-16)12-14-5-3-2-4-6-14/h2-6,11,13,15H,7-10,12H2,1H3,(H,19,22). The Kier molecular flexibility index (Phi) is 5.19. The number of sulfonamides is 1. The van der Waals surface area contributed by atoms with Crippen LogP contribution in [-0.2, 0) is 21.4 Å². The first-order chi connectivity index (χ1) is 11.9. The predicted molar refractivity (Wildman–Crippen MR) is 95.5 cm³/mol. The number of carbonyl (C=O) groups is 1. The van der Waals surface area contributed by atoms with Crippen LogP contribution in [0.4, 0.5) is 5.69 Å². The van der Waals surface area contributed by atoms with Gasteiger partial charge in [0.2, 0.25) is 15.9 Å².